The monoisotopic (exact) mass is 530 g/mol. The van der Waals surface area contributed by atoms with E-state index in [2.05, 4.69) is 25.1 Å². The predicted molar refractivity (Wildman–Crippen MR) is 132 cm³/mol. The molecule has 2 heterocycles. The molecule has 3 aromatic rings. The van der Waals surface area contributed by atoms with Crippen LogP contribution in [0.4, 0.5) is 20.8 Å². The Kier molecular flexibility index (Phi) is 5.91. The molecule has 2 aromatic heterocycles. The molecule has 0 aliphatic heterocycles. The van der Waals surface area contributed by atoms with Gasteiger partial charge in [0.05, 0.1) is 20.4 Å². The van der Waals surface area contributed by atoms with Crippen LogP contribution in [0, 0.1) is 5.82 Å². The van der Waals surface area contributed by atoms with E-state index in [0.29, 0.717) is 0 Å². The van der Waals surface area contributed by atoms with Crippen LogP contribution in [0.2, 0.25) is 5.02 Å². The molecule has 0 radical (unpaired) electrons. The number of anilines is 2. The summed E-state index contributed by atoms with van der Waals surface area (Å²) in [5.74, 6) is -1.37. The number of rotatable bonds is 9. The number of carboxylic acid groups (broad SMARTS) is 1. The van der Waals surface area contributed by atoms with Crippen LogP contribution in [-0.4, -0.2) is 58.2 Å². The van der Waals surface area contributed by atoms with Gasteiger partial charge >= 0.3 is 6.09 Å². The molecule has 0 aliphatic carbocycles. The highest BCUT2D eigenvalue weighted by molar-refractivity contribution is 7.92. The molecule has 0 fully saturated rings. The summed E-state index contributed by atoms with van der Waals surface area (Å²) in [4.78, 5) is 19.2. The van der Waals surface area contributed by atoms with E-state index in [1.807, 2.05) is 0 Å². The Morgan fingerprint density at radius 1 is 1.37 bits per heavy atom. The van der Waals surface area contributed by atoms with Crippen LogP contribution >= 0.6 is 11.6 Å². The van der Waals surface area contributed by atoms with Gasteiger partial charge in [0.25, 0.3) is 0 Å². The molecule has 1 amide bonds. The Bertz CT molecular complexity index is 1540. The molecule has 0 spiro atoms. The van der Waals surface area contributed by atoms with Gasteiger partial charge in [-0.3, -0.25) is 9.40 Å². The molecule has 14 heteroatoms. The average Bonchev–Trinajstić information content (AvgIpc) is 3.23. The lowest BCUT2D eigenvalue weighted by Crippen LogP contribution is -2.36. The van der Waals surface area contributed by atoms with Gasteiger partial charge in [0.2, 0.25) is 16.0 Å². The maximum atomic E-state index is 15.5. The first-order valence-electron chi connectivity index (χ1n) is 12.5. The third kappa shape index (κ3) is 6.79. The first kappa shape index (κ1) is 19.8. The number of nitrogens with zero attached hydrogens (tertiary/aromatic N) is 4. The van der Waals surface area contributed by atoms with Gasteiger partial charge in [0.1, 0.15) is 5.69 Å². The summed E-state index contributed by atoms with van der Waals surface area (Å²) in [6, 6.07) is 1.35. The van der Waals surface area contributed by atoms with Crippen molar-refractivity contribution in [3.05, 3.63) is 41.4 Å². The minimum atomic E-state index is -3.85. The Morgan fingerprint density at radius 2 is 2.11 bits per heavy atom. The van der Waals surface area contributed by atoms with E-state index in [0.717, 1.165) is 12.3 Å². The van der Waals surface area contributed by atoms with Gasteiger partial charge in [-0.1, -0.05) is 11.6 Å². The number of halogens is 2. The van der Waals surface area contributed by atoms with Crippen molar-refractivity contribution in [3.63, 3.8) is 0 Å². The van der Waals surface area contributed by atoms with Crippen molar-refractivity contribution in [2.24, 2.45) is 0 Å². The summed E-state index contributed by atoms with van der Waals surface area (Å²) < 4.78 is 81.6. The summed E-state index contributed by atoms with van der Waals surface area (Å²) in [6.45, 7) is -2.34. The second-order valence-electron chi connectivity index (χ2n) is 7.57. The van der Waals surface area contributed by atoms with Crippen molar-refractivity contribution in [1.82, 2.24) is 25.1 Å². The van der Waals surface area contributed by atoms with Crippen molar-refractivity contribution in [3.8, 4) is 22.5 Å². The quantitative estimate of drug-likeness (QED) is 0.326. The molecule has 188 valence electrons. The van der Waals surface area contributed by atoms with Crippen LogP contribution < -0.4 is 15.4 Å². The number of sulfonamides is 1. The van der Waals surface area contributed by atoms with Crippen LogP contribution in [-0.2, 0) is 10.0 Å². The smallest absolute Gasteiger partial charge is 0.404 e. The van der Waals surface area contributed by atoms with Gasteiger partial charge in [-0.2, -0.15) is 5.10 Å². The van der Waals surface area contributed by atoms with Gasteiger partial charge < -0.3 is 15.7 Å². The number of hydrogen-bond acceptors (Lipinski definition) is 7. The molecular formula is C21H25ClFN7O4S. The third-order valence-corrected chi connectivity index (χ3v) is 5.19. The fourth-order valence-electron chi connectivity index (χ4n) is 2.94. The number of aromatic nitrogens is 4. The molecule has 11 nitrogen and oxygen atoms in total. The second kappa shape index (κ2) is 10.4. The molecule has 0 saturated heterocycles. The van der Waals surface area contributed by atoms with Crippen LogP contribution in [0.3, 0.4) is 0 Å². The molecule has 1 aromatic carbocycles. The number of hydrogen-bond donors (Lipinski definition) is 4. The van der Waals surface area contributed by atoms with Gasteiger partial charge in [0.15, 0.2) is 5.82 Å². The van der Waals surface area contributed by atoms with Crippen molar-refractivity contribution in [2.75, 3.05) is 22.8 Å². The lowest BCUT2D eigenvalue weighted by molar-refractivity contribution is 0.191. The lowest BCUT2D eigenvalue weighted by atomic mass is 10.0. The van der Waals surface area contributed by atoms with E-state index in [4.69, 9.17) is 23.6 Å². The standard InChI is InChI=1S/C21H25ClFN7O4S/c1-11(2)30-10-15(16-5-6-24-20(27-16)25-9-12(3)26-21(31)32)19(28-30)14-7-13(22)8-17(18(14)23)29-35(4,33)34/h5-8,10-12,26,29H,9H2,1-4H3,(H,31,32)(H,24,25,27)/i3D3,9D2. The molecule has 35 heavy (non-hydrogen) atoms. The highest BCUT2D eigenvalue weighted by Crippen LogP contribution is 2.37. The summed E-state index contributed by atoms with van der Waals surface area (Å²) in [5, 5.41) is 17.3. The minimum absolute atomic E-state index is 0.00692. The highest BCUT2D eigenvalue weighted by Gasteiger charge is 2.22. The highest BCUT2D eigenvalue weighted by atomic mass is 35.5. The first-order chi connectivity index (χ1) is 18.3. The van der Waals surface area contributed by atoms with Crippen LogP contribution in [0.1, 0.15) is 33.6 Å². The van der Waals surface area contributed by atoms with Gasteiger partial charge in [-0.25, -0.2) is 27.6 Å². The third-order valence-electron chi connectivity index (χ3n) is 4.38. The number of nitrogens with one attached hydrogen (secondary N) is 3. The maximum absolute atomic E-state index is 15.5. The Labute approximate surface area is 213 Å². The van der Waals surface area contributed by atoms with E-state index in [1.165, 1.54) is 29.2 Å². The average molecular weight is 531 g/mol. The lowest BCUT2D eigenvalue weighted by Gasteiger charge is -2.13. The summed E-state index contributed by atoms with van der Waals surface area (Å²) >= 11 is 6.16. The van der Waals surface area contributed by atoms with E-state index < -0.39 is 53.0 Å². The van der Waals surface area contributed by atoms with Crippen molar-refractivity contribution in [2.45, 2.75) is 32.8 Å². The first-order valence-corrected chi connectivity index (χ1v) is 12.2. The predicted octanol–water partition coefficient (Wildman–Crippen LogP) is 3.82. The fourth-order valence-corrected chi connectivity index (χ4v) is 3.71. The molecular weight excluding hydrogens is 501 g/mol. The van der Waals surface area contributed by atoms with E-state index in [-0.39, 0.29) is 33.6 Å². The van der Waals surface area contributed by atoms with Crippen molar-refractivity contribution >= 4 is 39.4 Å². The Morgan fingerprint density at radius 3 is 2.74 bits per heavy atom. The van der Waals surface area contributed by atoms with E-state index in [1.54, 1.807) is 19.2 Å². The van der Waals surface area contributed by atoms with Gasteiger partial charge in [-0.15, -0.1) is 0 Å². The fraction of sp³-hybridized carbons (Fsp3) is 0.333. The topological polar surface area (TPSA) is 151 Å². The Balaban J connectivity index is 2.13. The SMILES string of the molecule is [2H]C([2H])([2H])C(NC(=O)O)C([2H])([2H])Nc1nccc(-c2cn(C(C)C)nc2-c2cc(Cl)cc(NS(C)(=O)=O)c2F)n1. The minimum Gasteiger partial charge on any atom is -0.465 e. The van der Waals surface area contributed by atoms with E-state index in [9.17, 15) is 13.2 Å². The maximum Gasteiger partial charge on any atom is 0.404 e. The normalized spacial score (nSPS) is 15.3. The van der Waals surface area contributed by atoms with Gasteiger partial charge in [0, 0.05) is 51.2 Å². The molecule has 0 aliphatic rings. The summed E-state index contributed by atoms with van der Waals surface area (Å²) in [5.41, 5.74) is -0.226. The number of carbonyl (C=O) groups is 1. The Hall–Kier alpha value is -3.45. The largest absolute Gasteiger partial charge is 0.465 e. The molecule has 0 bridgehead atoms. The molecule has 1 unspecified atom stereocenters. The second-order valence-corrected chi connectivity index (χ2v) is 9.76. The van der Waals surface area contributed by atoms with E-state index >= 15 is 4.39 Å². The zero-order chi connectivity index (χ0) is 30.2. The van der Waals surface area contributed by atoms with Crippen LogP contribution in [0.5, 0.6) is 0 Å². The summed E-state index contributed by atoms with van der Waals surface area (Å²) in [6.07, 6.45) is 1.85. The number of amides is 1. The summed E-state index contributed by atoms with van der Waals surface area (Å²) in [7, 11) is -3.85. The van der Waals surface area contributed by atoms with Gasteiger partial charge in [-0.05, 0) is 38.9 Å². The van der Waals surface area contributed by atoms with Crippen LogP contribution in [0.15, 0.2) is 30.6 Å². The number of benzene rings is 1. The molecule has 1 atom stereocenters. The zero-order valence-corrected chi connectivity index (χ0v) is 20.2. The van der Waals surface area contributed by atoms with Crippen molar-refractivity contribution in [1.29, 1.82) is 0 Å². The molecule has 4 N–H and O–H groups in total. The zero-order valence-electron chi connectivity index (χ0n) is 23.7. The molecule has 0 saturated carbocycles. The van der Waals surface area contributed by atoms with Crippen LogP contribution in [0.25, 0.3) is 22.5 Å². The van der Waals surface area contributed by atoms with Crippen molar-refractivity contribution < 1.29 is 29.6 Å². The molecule has 3 rings (SSSR count).